The van der Waals surface area contributed by atoms with Crippen LogP contribution in [0, 0.1) is 0 Å². The first-order valence-corrected chi connectivity index (χ1v) is 10.1. The fraction of sp³-hybridized carbons (Fsp3) is 0.158. The van der Waals surface area contributed by atoms with E-state index in [-0.39, 0.29) is 18.3 Å². The van der Waals surface area contributed by atoms with Crippen LogP contribution in [0.3, 0.4) is 0 Å². The van der Waals surface area contributed by atoms with Gasteiger partial charge in [-0.3, -0.25) is 4.79 Å². The number of nitrogens with one attached hydrogen (secondary N) is 3. The summed E-state index contributed by atoms with van der Waals surface area (Å²) < 4.78 is 15.7. The van der Waals surface area contributed by atoms with Crippen molar-refractivity contribution < 1.29 is 23.8 Å². The predicted molar refractivity (Wildman–Crippen MR) is 114 cm³/mol. The van der Waals surface area contributed by atoms with Gasteiger partial charge in [0.15, 0.2) is 11.5 Å². The third kappa shape index (κ3) is 4.95. The summed E-state index contributed by atoms with van der Waals surface area (Å²) in [7, 11) is 1.49. The van der Waals surface area contributed by atoms with Gasteiger partial charge < -0.3 is 30.2 Å². The highest BCUT2D eigenvalue weighted by molar-refractivity contribution is 7.13. The first-order valence-electron chi connectivity index (χ1n) is 8.93. The highest BCUT2D eigenvalue weighted by atomic mass is 35.5. The SMILES string of the molecule is COc1ccc(Cl)cc1NC(=O)NCc1nnc(C(=O)Nc2ccc3c(c2)OCO3)s1. The maximum absolute atomic E-state index is 12.4. The molecule has 0 unspecified atom stereocenters. The lowest BCUT2D eigenvalue weighted by Crippen LogP contribution is -2.28. The molecule has 3 amide bonds. The summed E-state index contributed by atoms with van der Waals surface area (Å²) in [6.07, 6.45) is 0. The van der Waals surface area contributed by atoms with Gasteiger partial charge in [-0.15, -0.1) is 10.2 Å². The number of nitrogens with zero attached hydrogens (tertiary/aromatic N) is 2. The molecule has 0 radical (unpaired) electrons. The number of methoxy groups -OCH3 is 1. The van der Waals surface area contributed by atoms with Crippen LogP contribution in [0.5, 0.6) is 17.2 Å². The van der Waals surface area contributed by atoms with Crippen molar-refractivity contribution in [3.8, 4) is 17.2 Å². The Kier molecular flexibility index (Phi) is 6.05. The Bertz CT molecular complexity index is 1140. The van der Waals surface area contributed by atoms with Crippen molar-refractivity contribution in [2.75, 3.05) is 24.5 Å². The number of hydrogen-bond donors (Lipinski definition) is 3. The van der Waals surface area contributed by atoms with Gasteiger partial charge in [0.05, 0.1) is 19.3 Å². The number of ether oxygens (including phenoxy) is 3. The fourth-order valence-corrected chi connectivity index (χ4v) is 3.52. The molecular formula is C19H16ClN5O5S. The average Bonchev–Trinajstić information content (AvgIpc) is 3.41. The third-order valence-corrected chi connectivity index (χ3v) is 5.26. The topological polar surface area (TPSA) is 124 Å². The summed E-state index contributed by atoms with van der Waals surface area (Å²) in [6, 6.07) is 9.46. The number of anilines is 2. The zero-order chi connectivity index (χ0) is 21.8. The van der Waals surface area contributed by atoms with E-state index in [1.165, 1.54) is 7.11 Å². The number of urea groups is 1. The van der Waals surface area contributed by atoms with Crippen molar-refractivity contribution in [2.24, 2.45) is 0 Å². The van der Waals surface area contributed by atoms with Gasteiger partial charge >= 0.3 is 6.03 Å². The van der Waals surface area contributed by atoms with Crippen molar-refractivity contribution in [3.05, 3.63) is 51.4 Å². The second-order valence-electron chi connectivity index (χ2n) is 6.18. The van der Waals surface area contributed by atoms with Gasteiger partial charge in [-0.05, 0) is 30.3 Å². The summed E-state index contributed by atoms with van der Waals surface area (Å²) in [5.41, 5.74) is 0.965. The molecule has 1 aliphatic rings. The average molecular weight is 462 g/mol. The molecule has 0 spiro atoms. The van der Waals surface area contributed by atoms with Gasteiger partial charge in [0.2, 0.25) is 11.8 Å². The van der Waals surface area contributed by atoms with Crippen molar-refractivity contribution in [1.29, 1.82) is 0 Å². The van der Waals surface area contributed by atoms with Gasteiger partial charge in [-0.25, -0.2) is 4.79 Å². The molecular weight excluding hydrogens is 446 g/mol. The zero-order valence-corrected chi connectivity index (χ0v) is 17.7. The Morgan fingerprint density at radius 1 is 1.13 bits per heavy atom. The number of aromatic nitrogens is 2. The minimum Gasteiger partial charge on any atom is -0.495 e. The normalized spacial score (nSPS) is 11.7. The van der Waals surface area contributed by atoms with E-state index in [1.54, 1.807) is 36.4 Å². The molecule has 10 nitrogen and oxygen atoms in total. The molecule has 0 saturated carbocycles. The van der Waals surface area contributed by atoms with E-state index in [0.717, 1.165) is 11.3 Å². The monoisotopic (exact) mass is 461 g/mol. The molecule has 2 heterocycles. The van der Waals surface area contributed by atoms with E-state index in [1.807, 2.05) is 0 Å². The van der Waals surface area contributed by atoms with E-state index < -0.39 is 11.9 Å². The second kappa shape index (κ2) is 9.06. The number of rotatable bonds is 6. The molecule has 3 aromatic rings. The number of amides is 3. The van der Waals surface area contributed by atoms with Crippen LogP contribution in [0.25, 0.3) is 0 Å². The molecule has 1 aliphatic heterocycles. The summed E-state index contributed by atoms with van der Waals surface area (Å²) in [6.45, 7) is 0.237. The van der Waals surface area contributed by atoms with Gasteiger partial charge in [0.25, 0.3) is 5.91 Å². The predicted octanol–water partition coefficient (Wildman–Crippen LogP) is 3.50. The Labute approximate surface area is 185 Å². The summed E-state index contributed by atoms with van der Waals surface area (Å²) in [5.74, 6) is 1.23. The van der Waals surface area contributed by atoms with E-state index in [2.05, 4.69) is 26.1 Å². The molecule has 0 aliphatic carbocycles. The molecule has 31 heavy (non-hydrogen) atoms. The molecule has 0 atom stereocenters. The van der Waals surface area contributed by atoms with Crippen molar-refractivity contribution >= 4 is 46.3 Å². The van der Waals surface area contributed by atoms with E-state index in [9.17, 15) is 9.59 Å². The Morgan fingerprint density at radius 3 is 2.81 bits per heavy atom. The molecule has 0 saturated heterocycles. The number of fused-ring (bicyclic) bond motifs is 1. The lowest BCUT2D eigenvalue weighted by Gasteiger charge is -2.10. The van der Waals surface area contributed by atoms with Crippen LogP contribution >= 0.6 is 22.9 Å². The molecule has 0 fully saturated rings. The van der Waals surface area contributed by atoms with Crippen LogP contribution in [0.1, 0.15) is 14.8 Å². The van der Waals surface area contributed by atoms with E-state index in [0.29, 0.717) is 38.7 Å². The van der Waals surface area contributed by atoms with Crippen LogP contribution < -0.4 is 30.2 Å². The molecule has 160 valence electrons. The highest BCUT2D eigenvalue weighted by Crippen LogP contribution is 2.34. The number of benzene rings is 2. The maximum atomic E-state index is 12.4. The van der Waals surface area contributed by atoms with Gasteiger partial charge in [-0.1, -0.05) is 22.9 Å². The standard InChI is InChI=1S/C19H16ClN5O5S/c1-28-13-4-2-10(20)6-12(13)23-19(27)21-8-16-24-25-18(31-16)17(26)22-11-3-5-14-15(7-11)30-9-29-14/h2-7H,8-9H2,1H3,(H,22,26)(H2,21,23,27). The number of carbonyl (C=O) groups is 2. The van der Waals surface area contributed by atoms with E-state index >= 15 is 0 Å². The van der Waals surface area contributed by atoms with Crippen LogP contribution in [-0.2, 0) is 6.54 Å². The first kappa shape index (κ1) is 20.7. The van der Waals surface area contributed by atoms with Crippen molar-refractivity contribution in [1.82, 2.24) is 15.5 Å². The third-order valence-electron chi connectivity index (χ3n) is 4.10. The van der Waals surface area contributed by atoms with Crippen LogP contribution in [0.15, 0.2) is 36.4 Å². The lowest BCUT2D eigenvalue weighted by atomic mass is 10.3. The van der Waals surface area contributed by atoms with Gasteiger partial charge in [0, 0.05) is 16.8 Å². The number of hydrogen-bond acceptors (Lipinski definition) is 8. The number of carbonyl (C=O) groups excluding carboxylic acids is 2. The Morgan fingerprint density at radius 2 is 1.97 bits per heavy atom. The van der Waals surface area contributed by atoms with Gasteiger partial charge in [-0.2, -0.15) is 0 Å². The molecule has 2 aromatic carbocycles. The Hall–Kier alpha value is -3.57. The van der Waals surface area contributed by atoms with Gasteiger partial charge in [0.1, 0.15) is 10.8 Å². The maximum Gasteiger partial charge on any atom is 0.319 e. The molecule has 3 N–H and O–H groups in total. The van der Waals surface area contributed by atoms with Crippen LogP contribution in [0.4, 0.5) is 16.2 Å². The van der Waals surface area contributed by atoms with Crippen LogP contribution in [0.2, 0.25) is 5.02 Å². The minimum atomic E-state index is -0.484. The van der Waals surface area contributed by atoms with Crippen LogP contribution in [-0.4, -0.2) is 36.0 Å². The zero-order valence-electron chi connectivity index (χ0n) is 16.1. The Balaban J connectivity index is 1.32. The minimum absolute atomic E-state index is 0.0870. The molecule has 12 heteroatoms. The largest absolute Gasteiger partial charge is 0.495 e. The summed E-state index contributed by atoms with van der Waals surface area (Å²) in [5, 5.41) is 16.9. The molecule has 4 rings (SSSR count). The second-order valence-corrected chi connectivity index (χ2v) is 7.67. The van der Waals surface area contributed by atoms with Crippen molar-refractivity contribution in [2.45, 2.75) is 6.54 Å². The van der Waals surface area contributed by atoms with E-state index in [4.69, 9.17) is 25.8 Å². The lowest BCUT2D eigenvalue weighted by molar-refractivity contribution is 0.102. The smallest absolute Gasteiger partial charge is 0.319 e. The molecule has 0 bridgehead atoms. The fourth-order valence-electron chi connectivity index (χ4n) is 2.68. The first-order chi connectivity index (χ1) is 15.0. The summed E-state index contributed by atoms with van der Waals surface area (Å²) in [4.78, 5) is 24.6. The summed E-state index contributed by atoms with van der Waals surface area (Å²) >= 11 is 7.02. The van der Waals surface area contributed by atoms with Crippen molar-refractivity contribution in [3.63, 3.8) is 0 Å². The quantitative estimate of drug-likeness (QED) is 0.513. The number of halogens is 1. The highest BCUT2D eigenvalue weighted by Gasteiger charge is 2.17. The molecule has 1 aromatic heterocycles.